The smallest absolute Gasteiger partial charge is 0.410 e. The predicted molar refractivity (Wildman–Crippen MR) is 273 cm³/mol. The molecule has 4 atom stereocenters. The van der Waals surface area contributed by atoms with E-state index in [1.165, 1.54) is 59.0 Å². The van der Waals surface area contributed by atoms with Gasteiger partial charge < -0.3 is 44.1 Å². The molecule has 0 saturated carbocycles. The number of ketones is 2. The number of carbonyl (C=O) groups excluding carboxylic acids is 7. The molecule has 4 amide bonds. The molecule has 2 N–H and O–H groups in total. The van der Waals surface area contributed by atoms with Gasteiger partial charge in [0, 0.05) is 75.3 Å². The number of methoxy groups -OCH3 is 3. The lowest BCUT2D eigenvalue weighted by Gasteiger charge is -2.32. The second kappa shape index (κ2) is 29.0. The van der Waals surface area contributed by atoms with Crippen LogP contribution in [0.4, 0.5) is 9.59 Å². The Morgan fingerprint density at radius 3 is 1.97 bits per heavy atom. The zero-order chi connectivity index (χ0) is 52.9. The first-order valence-electron chi connectivity index (χ1n) is 25.5. The number of ether oxygens (including phenoxy) is 5. The van der Waals surface area contributed by atoms with Gasteiger partial charge >= 0.3 is 18.2 Å². The van der Waals surface area contributed by atoms with Crippen molar-refractivity contribution >= 4 is 41.5 Å². The van der Waals surface area contributed by atoms with E-state index in [1.54, 1.807) is 83.7 Å². The number of likely N-dealkylation sites (N-methyl/N-ethyl adjacent to an activating group) is 1. The molecule has 0 spiro atoms. The van der Waals surface area contributed by atoms with Crippen LogP contribution in [-0.2, 0) is 44.6 Å². The summed E-state index contributed by atoms with van der Waals surface area (Å²) < 4.78 is 27.8. The zero-order valence-corrected chi connectivity index (χ0v) is 44.8. The highest BCUT2D eigenvalue weighted by Crippen LogP contribution is 2.40. The van der Waals surface area contributed by atoms with Crippen LogP contribution in [0.15, 0.2) is 36.4 Å². The molecule has 1 aliphatic rings. The van der Waals surface area contributed by atoms with Crippen molar-refractivity contribution in [3.8, 4) is 22.6 Å². The number of hydrogen-bond acceptors (Lipinski definition) is 12. The van der Waals surface area contributed by atoms with Gasteiger partial charge in [-0.05, 0) is 96.2 Å². The number of nitrogens with zero attached hydrogens (tertiary/aromatic N) is 2. The Balaban J connectivity index is 2.02. The molecule has 1 aliphatic heterocycles. The highest BCUT2D eigenvalue weighted by atomic mass is 16.6. The molecule has 16 nitrogen and oxygen atoms in total. The first kappa shape index (κ1) is 59.6. The molecule has 3 rings (SSSR count). The zero-order valence-electron chi connectivity index (χ0n) is 44.8. The first-order valence-corrected chi connectivity index (χ1v) is 25.5. The van der Waals surface area contributed by atoms with Crippen molar-refractivity contribution in [1.82, 2.24) is 20.4 Å². The largest absolute Gasteiger partial charge is 0.496 e. The summed E-state index contributed by atoms with van der Waals surface area (Å²) in [6.45, 7) is 15.3. The summed E-state index contributed by atoms with van der Waals surface area (Å²) in [5, 5.41) is 5.52. The molecule has 16 heteroatoms. The van der Waals surface area contributed by atoms with Gasteiger partial charge in [0.2, 0.25) is 11.8 Å². The van der Waals surface area contributed by atoms with Gasteiger partial charge in [0.25, 0.3) is 0 Å². The summed E-state index contributed by atoms with van der Waals surface area (Å²) in [7, 11) is 5.79. The minimum absolute atomic E-state index is 0.0196. The normalized spacial score (nSPS) is 16.6. The number of rotatable bonds is 24. The van der Waals surface area contributed by atoms with Crippen LogP contribution in [0.1, 0.15) is 162 Å². The van der Waals surface area contributed by atoms with E-state index in [1.807, 2.05) is 6.07 Å². The lowest BCUT2D eigenvalue weighted by atomic mass is 9.88. The SMILES string of the molecule is CCCCCCCCCCN(CCC(=O)C[C@@H](CCCCNC(=O)OC(C)(C)C)C(=O)N(C)[C@@H]1C(=O)C[C@@H](C)C(=O)N[C@H](C(=O)OC)Cc2ccc(OC)c(c2)-c2cc1ccc2OC)C(=O)OC(C)(C)C. The van der Waals surface area contributed by atoms with E-state index in [0.29, 0.717) is 53.1 Å². The number of benzene rings is 2. The molecular weight excluding hydrogens is 909 g/mol. The summed E-state index contributed by atoms with van der Waals surface area (Å²) in [4.78, 5) is 99.4. The van der Waals surface area contributed by atoms with Crippen LogP contribution in [0, 0.1) is 11.8 Å². The van der Waals surface area contributed by atoms with E-state index in [0.717, 1.165) is 25.7 Å². The number of carbonyl (C=O) groups is 7. The van der Waals surface area contributed by atoms with Crippen LogP contribution in [-0.4, -0.2) is 117 Å². The lowest BCUT2D eigenvalue weighted by molar-refractivity contribution is -0.146. The van der Waals surface area contributed by atoms with Crippen molar-refractivity contribution in [1.29, 1.82) is 0 Å². The quantitative estimate of drug-likeness (QED) is 0.0575. The van der Waals surface area contributed by atoms with Gasteiger partial charge in [0.15, 0.2) is 5.78 Å². The average Bonchev–Trinajstić information content (AvgIpc) is 3.30. The summed E-state index contributed by atoms with van der Waals surface area (Å²) in [5.41, 5.74) is 0.830. The summed E-state index contributed by atoms with van der Waals surface area (Å²) in [5.74, 6) is -3.26. The van der Waals surface area contributed by atoms with Crippen LogP contribution in [0.2, 0.25) is 0 Å². The van der Waals surface area contributed by atoms with Crippen molar-refractivity contribution in [3.05, 3.63) is 47.5 Å². The number of alkyl carbamates (subject to hydrolysis) is 1. The number of fused-ring (bicyclic) bond motifs is 5. The van der Waals surface area contributed by atoms with Gasteiger partial charge in [0.05, 0.1) is 21.3 Å². The Hall–Kier alpha value is -5.67. The first-order chi connectivity index (χ1) is 33.5. The maximum Gasteiger partial charge on any atom is 0.410 e. The van der Waals surface area contributed by atoms with E-state index in [-0.39, 0.29) is 51.0 Å². The van der Waals surface area contributed by atoms with Crippen molar-refractivity contribution in [2.45, 2.75) is 175 Å². The van der Waals surface area contributed by atoms with Crippen molar-refractivity contribution in [3.63, 3.8) is 0 Å². The van der Waals surface area contributed by atoms with Crippen LogP contribution >= 0.6 is 0 Å². The van der Waals surface area contributed by atoms with E-state index < -0.39 is 70.9 Å². The highest BCUT2D eigenvalue weighted by Gasteiger charge is 2.36. The highest BCUT2D eigenvalue weighted by molar-refractivity contribution is 5.96. The molecule has 0 fully saturated rings. The molecule has 396 valence electrons. The Bertz CT molecular complexity index is 2090. The second-order valence-corrected chi connectivity index (χ2v) is 20.8. The number of Topliss-reactive ketones (excluding diaryl/α,β-unsaturated/α-hetero) is 2. The fourth-order valence-electron chi connectivity index (χ4n) is 8.66. The second-order valence-electron chi connectivity index (χ2n) is 20.8. The number of hydrogen-bond donors (Lipinski definition) is 2. The van der Waals surface area contributed by atoms with Gasteiger partial charge in [-0.15, -0.1) is 0 Å². The lowest BCUT2D eigenvalue weighted by Crippen LogP contribution is -2.46. The molecule has 0 radical (unpaired) electrons. The van der Waals surface area contributed by atoms with Gasteiger partial charge in [-0.1, -0.05) is 77.3 Å². The van der Waals surface area contributed by atoms with Crippen molar-refractivity contribution in [2.24, 2.45) is 11.8 Å². The van der Waals surface area contributed by atoms with Crippen LogP contribution in [0.3, 0.4) is 0 Å². The molecule has 2 aromatic carbocycles. The number of amides is 4. The Labute approximate surface area is 422 Å². The Kier molecular flexibility index (Phi) is 24.4. The van der Waals surface area contributed by atoms with Crippen LogP contribution in [0.25, 0.3) is 11.1 Å². The summed E-state index contributed by atoms with van der Waals surface area (Å²) in [6, 6.07) is 8.23. The molecule has 0 unspecified atom stereocenters. The molecule has 0 aromatic heterocycles. The van der Waals surface area contributed by atoms with E-state index in [2.05, 4.69) is 17.6 Å². The molecule has 1 heterocycles. The third kappa shape index (κ3) is 20.2. The maximum atomic E-state index is 15.0. The van der Waals surface area contributed by atoms with E-state index in [4.69, 9.17) is 23.7 Å². The number of esters is 1. The fraction of sp³-hybridized carbons (Fsp3) is 0.655. The van der Waals surface area contributed by atoms with Crippen LogP contribution in [0.5, 0.6) is 11.5 Å². The van der Waals surface area contributed by atoms with Gasteiger partial charge in [-0.3, -0.25) is 19.2 Å². The summed E-state index contributed by atoms with van der Waals surface area (Å²) in [6.07, 6.45) is 8.38. The molecular formula is C55H84N4O12. The standard InChI is InChI=1S/C55H84N4O12/c1-13-14-15-16-17-18-19-22-30-59(53(66)71-55(6,7)8)31-28-41(60)35-40(23-20-21-29-56-52(65)70-54(3,4)5)50(63)58(9)48-39-25-27-47(68-11)43(36-39)42-33-38(24-26-46(42)67-10)34-44(51(64)69-12)57-49(62)37(2)32-45(48)61/h24-27,33,36-37,40,44,48H,13-23,28-32,34-35H2,1-12H3,(H,56,65)(H,57,62)/t37-,40-,44+,48+/m1/s1. The fourth-order valence-corrected chi connectivity index (χ4v) is 8.66. The van der Waals surface area contributed by atoms with Crippen molar-refractivity contribution in [2.75, 3.05) is 48.0 Å². The van der Waals surface area contributed by atoms with Crippen molar-refractivity contribution < 1.29 is 57.2 Å². The molecule has 0 saturated heterocycles. The molecule has 71 heavy (non-hydrogen) atoms. The maximum absolute atomic E-state index is 15.0. The minimum Gasteiger partial charge on any atom is -0.496 e. The predicted octanol–water partition coefficient (Wildman–Crippen LogP) is 9.72. The van der Waals surface area contributed by atoms with Gasteiger partial charge in [0.1, 0.15) is 40.6 Å². The minimum atomic E-state index is -1.23. The van der Waals surface area contributed by atoms with E-state index >= 15 is 4.79 Å². The van der Waals surface area contributed by atoms with Gasteiger partial charge in [-0.25, -0.2) is 14.4 Å². The average molecular weight is 993 g/mol. The van der Waals surface area contributed by atoms with Crippen LogP contribution < -0.4 is 20.1 Å². The number of unbranched alkanes of at least 4 members (excludes halogenated alkanes) is 8. The monoisotopic (exact) mass is 993 g/mol. The molecule has 2 aromatic rings. The molecule has 0 aliphatic carbocycles. The molecule has 4 bridgehead atoms. The Morgan fingerprint density at radius 1 is 0.761 bits per heavy atom. The van der Waals surface area contributed by atoms with E-state index in [9.17, 15) is 28.8 Å². The third-order valence-electron chi connectivity index (χ3n) is 12.4. The Morgan fingerprint density at radius 2 is 1.37 bits per heavy atom. The van der Waals surface area contributed by atoms with Gasteiger partial charge in [-0.2, -0.15) is 0 Å². The third-order valence-corrected chi connectivity index (χ3v) is 12.4. The topological polar surface area (TPSA) is 196 Å². The summed E-state index contributed by atoms with van der Waals surface area (Å²) >= 11 is 0. The number of nitrogens with one attached hydrogen (secondary N) is 2.